The molecule has 138 valence electrons. The first-order chi connectivity index (χ1) is 12.7. The molecule has 1 fully saturated rings. The monoisotopic (exact) mass is 357 g/mol. The topological polar surface area (TPSA) is 92.1 Å². The normalized spacial score (nSPS) is 14.6. The Kier molecular flexibility index (Phi) is 6.34. The molecule has 1 aromatic heterocycles. The second-order valence-electron chi connectivity index (χ2n) is 5.85. The summed E-state index contributed by atoms with van der Waals surface area (Å²) in [5.74, 6) is 1.27. The van der Waals surface area contributed by atoms with Crippen molar-refractivity contribution in [3.05, 3.63) is 41.5 Å². The van der Waals surface area contributed by atoms with Gasteiger partial charge in [0.05, 0.1) is 26.0 Å². The molecule has 0 spiro atoms. The van der Waals surface area contributed by atoms with Gasteiger partial charge in [0.1, 0.15) is 12.4 Å². The van der Waals surface area contributed by atoms with Crippen LogP contribution in [-0.2, 0) is 4.74 Å². The van der Waals surface area contributed by atoms with E-state index in [0.29, 0.717) is 19.0 Å². The van der Waals surface area contributed by atoms with Crippen molar-refractivity contribution in [3.8, 4) is 6.01 Å². The molecule has 0 unspecified atom stereocenters. The number of benzene rings is 1. The van der Waals surface area contributed by atoms with Crippen LogP contribution in [0.5, 0.6) is 6.01 Å². The third-order valence-electron chi connectivity index (χ3n) is 3.78. The average molecular weight is 357 g/mol. The Morgan fingerprint density at radius 1 is 1.31 bits per heavy atom. The number of hydrazone groups is 1. The molecule has 0 atom stereocenters. The summed E-state index contributed by atoms with van der Waals surface area (Å²) in [5, 5.41) is 13.2. The Morgan fingerprint density at radius 3 is 2.92 bits per heavy atom. The van der Waals surface area contributed by atoms with Crippen molar-refractivity contribution in [1.82, 2.24) is 9.97 Å². The van der Waals surface area contributed by atoms with Gasteiger partial charge in [-0.2, -0.15) is 15.1 Å². The fourth-order valence-corrected chi connectivity index (χ4v) is 2.55. The van der Waals surface area contributed by atoms with E-state index in [9.17, 15) is 0 Å². The first kappa shape index (κ1) is 18.1. The predicted octanol–water partition coefficient (Wildman–Crippen LogP) is 1.44. The lowest BCUT2D eigenvalue weighted by atomic mass is 10.2. The van der Waals surface area contributed by atoms with E-state index in [0.717, 1.165) is 24.5 Å². The number of hydrogen-bond acceptors (Lipinski definition) is 8. The molecular weight excluding hydrogens is 334 g/mol. The van der Waals surface area contributed by atoms with Gasteiger partial charge in [-0.25, -0.2) is 0 Å². The zero-order valence-corrected chi connectivity index (χ0v) is 14.8. The molecule has 1 aliphatic rings. The van der Waals surface area contributed by atoms with Crippen LogP contribution < -0.4 is 15.1 Å². The second kappa shape index (κ2) is 9.12. The molecule has 3 rings (SSSR count). The van der Waals surface area contributed by atoms with Gasteiger partial charge >= 0.3 is 6.01 Å². The molecule has 2 aromatic rings. The number of aliphatic hydroxyl groups is 1. The maximum absolute atomic E-state index is 8.96. The Labute approximate surface area is 152 Å². The zero-order valence-electron chi connectivity index (χ0n) is 14.8. The molecule has 0 radical (unpaired) electrons. The summed E-state index contributed by atoms with van der Waals surface area (Å²) in [6.45, 7) is 4.90. The Bertz CT molecular complexity index is 747. The van der Waals surface area contributed by atoms with E-state index in [2.05, 4.69) is 25.4 Å². The maximum atomic E-state index is 8.96. The minimum Gasteiger partial charge on any atom is -0.461 e. The van der Waals surface area contributed by atoms with Gasteiger partial charge < -0.3 is 19.5 Å². The lowest BCUT2D eigenvalue weighted by molar-refractivity contribution is 0.122. The highest BCUT2D eigenvalue weighted by molar-refractivity contribution is 5.80. The van der Waals surface area contributed by atoms with Crippen LogP contribution in [0.1, 0.15) is 11.1 Å². The summed E-state index contributed by atoms with van der Waals surface area (Å²) >= 11 is 0. The van der Waals surface area contributed by atoms with E-state index in [1.807, 2.05) is 37.3 Å². The Hall–Kier alpha value is -2.71. The van der Waals surface area contributed by atoms with Gasteiger partial charge in [0.2, 0.25) is 0 Å². The number of morpholine rings is 1. The third-order valence-corrected chi connectivity index (χ3v) is 3.78. The van der Waals surface area contributed by atoms with Crippen LogP contribution >= 0.6 is 0 Å². The minimum atomic E-state index is -0.0978. The lowest BCUT2D eigenvalue weighted by Gasteiger charge is -2.28. The summed E-state index contributed by atoms with van der Waals surface area (Å²) in [6, 6.07) is 10.1. The quantitative estimate of drug-likeness (QED) is 0.572. The SMILES string of the molecule is Cc1cccc(/C=N/Nc2cc(N3CCOCC3)nc(OCCO)n2)c1. The molecule has 26 heavy (non-hydrogen) atoms. The van der Waals surface area contributed by atoms with Crippen LogP contribution in [0.3, 0.4) is 0 Å². The van der Waals surface area contributed by atoms with Gasteiger partial charge in [-0.3, -0.25) is 5.43 Å². The number of ether oxygens (including phenoxy) is 2. The van der Waals surface area contributed by atoms with Crippen LogP contribution in [0.4, 0.5) is 11.6 Å². The number of aryl methyl sites for hydroxylation is 1. The highest BCUT2D eigenvalue weighted by Crippen LogP contribution is 2.20. The third kappa shape index (κ3) is 5.14. The van der Waals surface area contributed by atoms with E-state index in [1.54, 1.807) is 6.21 Å². The molecule has 8 nitrogen and oxygen atoms in total. The fraction of sp³-hybridized carbons (Fsp3) is 0.389. The van der Waals surface area contributed by atoms with E-state index >= 15 is 0 Å². The molecular formula is C18H23N5O3. The van der Waals surface area contributed by atoms with Crippen molar-refractivity contribution in [2.75, 3.05) is 49.8 Å². The van der Waals surface area contributed by atoms with Gasteiger partial charge in [0.25, 0.3) is 0 Å². The van der Waals surface area contributed by atoms with Gasteiger partial charge in [0, 0.05) is 19.2 Å². The molecule has 2 N–H and O–H groups in total. The highest BCUT2D eigenvalue weighted by atomic mass is 16.5. The molecule has 1 aliphatic heterocycles. The van der Waals surface area contributed by atoms with Crippen LogP contribution in [0.25, 0.3) is 0 Å². The van der Waals surface area contributed by atoms with Crippen molar-refractivity contribution in [2.45, 2.75) is 6.92 Å². The number of nitrogens with one attached hydrogen (secondary N) is 1. The summed E-state index contributed by atoms with van der Waals surface area (Å²) in [6.07, 6.45) is 1.73. The maximum Gasteiger partial charge on any atom is 0.320 e. The van der Waals surface area contributed by atoms with Gasteiger partial charge in [-0.1, -0.05) is 29.8 Å². The first-order valence-corrected chi connectivity index (χ1v) is 8.56. The molecule has 1 aromatic carbocycles. The second-order valence-corrected chi connectivity index (χ2v) is 5.85. The standard InChI is InChI=1S/C18H23N5O3/c1-14-3-2-4-15(11-14)13-19-22-16-12-17(23-5-8-25-9-6-23)21-18(20-16)26-10-7-24/h2-4,11-13,24H,5-10H2,1H3,(H,20,21,22)/b19-13+. The van der Waals surface area contributed by atoms with E-state index in [1.165, 1.54) is 5.56 Å². The number of hydrogen-bond donors (Lipinski definition) is 2. The lowest BCUT2D eigenvalue weighted by Crippen LogP contribution is -2.36. The van der Waals surface area contributed by atoms with E-state index < -0.39 is 0 Å². The molecule has 0 amide bonds. The summed E-state index contributed by atoms with van der Waals surface area (Å²) in [7, 11) is 0. The predicted molar refractivity (Wildman–Crippen MR) is 100 cm³/mol. The van der Waals surface area contributed by atoms with Crippen LogP contribution in [0.2, 0.25) is 0 Å². The van der Waals surface area contributed by atoms with Crippen molar-refractivity contribution >= 4 is 17.9 Å². The smallest absolute Gasteiger partial charge is 0.320 e. The molecule has 0 bridgehead atoms. The van der Waals surface area contributed by atoms with Crippen molar-refractivity contribution in [2.24, 2.45) is 5.10 Å². The molecule has 0 saturated carbocycles. The summed E-state index contributed by atoms with van der Waals surface area (Å²) < 4.78 is 10.8. The van der Waals surface area contributed by atoms with Crippen molar-refractivity contribution < 1.29 is 14.6 Å². The van der Waals surface area contributed by atoms with E-state index in [-0.39, 0.29) is 19.2 Å². The highest BCUT2D eigenvalue weighted by Gasteiger charge is 2.15. The van der Waals surface area contributed by atoms with Crippen LogP contribution in [-0.4, -0.2) is 60.8 Å². The van der Waals surface area contributed by atoms with Gasteiger partial charge in [-0.05, 0) is 12.5 Å². The van der Waals surface area contributed by atoms with Gasteiger partial charge in [-0.15, -0.1) is 0 Å². The number of rotatable bonds is 7. The average Bonchev–Trinajstić information content (AvgIpc) is 2.67. The van der Waals surface area contributed by atoms with Crippen LogP contribution in [0.15, 0.2) is 35.4 Å². The van der Waals surface area contributed by atoms with Crippen molar-refractivity contribution in [1.29, 1.82) is 0 Å². The molecule has 2 heterocycles. The minimum absolute atomic E-state index is 0.0978. The number of aromatic nitrogens is 2. The summed E-state index contributed by atoms with van der Waals surface area (Å²) in [5.41, 5.74) is 5.10. The molecule has 8 heteroatoms. The van der Waals surface area contributed by atoms with Gasteiger partial charge in [0.15, 0.2) is 5.82 Å². The van der Waals surface area contributed by atoms with Crippen LogP contribution in [0, 0.1) is 6.92 Å². The van der Waals surface area contributed by atoms with Crippen molar-refractivity contribution in [3.63, 3.8) is 0 Å². The largest absolute Gasteiger partial charge is 0.461 e. The number of aliphatic hydroxyl groups excluding tert-OH is 1. The van der Waals surface area contributed by atoms with E-state index in [4.69, 9.17) is 14.6 Å². The summed E-state index contributed by atoms with van der Waals surface area (Å²) in [4.78, 5) is 10.8. The first-order valence-electron chi connectivity index (χ1n) is 8.56. The molecule has 1 saturated heterocycles. The fourth-order valence-electron chi connectivity index (χ4n) is 2.55. The Balaban J connectivity index is 1.75. The molecule has 0 aliphatic carbocycles. The zero-order chi connectivity index (χ0) is 18.2. The Morgan fingerprint density at radius 2 is 2.15 bits per heavy atom. The number of anilines is 2. The number of nitrogens with zero attached hydrogens (tertiary/aromatic N) is 4.